The fraction of sp³-hybridized carbons (Fsp3) is 0.182. The number of pyridine rings is 1. The number of hydrogen-bond donors (Lipinski definition) is 0. The highest BCUT2D eigenvalue weighted by Gasteiger charge is 2.14. The van der Waals surface area contributed by atoms with Gasteiger partial charge in [0.25, 0.3) is 0 Å². The van der Waals surface area contributed by atoms with E-state index in [2.05, 4.69) is 9.97 Å². The number of carbonyl (C=O) groups excluding carboxylic acids is 1. The van der Waals surface area contributed by atoms with Gasteiger partial charge in [0.05, 0.1) is 11.7 Å². The molecule has 2 aromatic heterocycles. The van der Waals surface area contributed by atoms with Crippen LogP contribution in [-0.2, 0) is 4.74 Å². The maximum atomic E-state index is 11.5. The predicted octanol–water partition coefficient (Wildman–Crippen LogP) is 2.43. The normalized spacial score (nSPS) is 10.1. The zero-order valence-electron chi connectivity index (χ0n) is 9.21. The van der Waals surface area contributed by atoms with Crippen molar-refractivity contribution in [3.8, 4) is 5.75 Å². The maximum absolute atomic E-state index is 11.5. The van der Waals surface area contributed by atoms with Crippen molar-refractivity contribution in [3.05, 3.63) is 40.1 Å². The van der Waals surface area contributed by atoms with Gasteiger partial charge in [0.15, 0.2) is 10.0 Å². The summed E-state index contributed by atoms with van der Waals surface area (Å²) in [6.07, 6.45) is 3.24. The molecule has 5 nitrogen and oxygen atoms in total. The van der Waals surface area contributed by atoms with Gasteiger partial charge in [-0.15, -0.1) is 11.3 Å². The molecule has 2 aromatic rings. The van der Waals surface area contributed by atoms with Gasteiger partial charge in [-0.3, -0.25) is 4.98 Å². The lowest BCUT2D eigenvalue weighted by atomic mass is 10.5. The summed E-state index contributed by atoms with van der Waals surface area (Å²) in [5.41, 5.74) is 1.49. The van der Waals surface area contributed by atoms with Crippen LogP contribution in [0, 0.1) is 0 Å². The van der Waals surface area contributed by atoms with Crippen LogP contribution >= 0.6 is 22.9 Å². The first-order valence-corrected chi connectivity index (χ1v) is 6.32. The number of rotatable bonds is 5. The molecule has 18 heavy (non-hydrogen) atoms. The Balaban J connectivity index is 1.73. The number of esters is 1. The Morgan fingerprint density at radius 1 is 1.44 bits per heavy atom. The van der Waals surface area contributed by atoms with E-state index in [4.69, 9.17) is 21.1 Å². The average Bonchev–Trinajstić information content (AvgIpc) is 2.82. The second-order valence-electron chi connectivity index (χ2n) is 3.15. The predicted molar refractivity (Wildman–Crippen MR) is 67.1 cm³/mol. The molecule has 0 aromatic carbocycles. The zero-order valence-corrected chi connectivity index (χ0v) is 10.8. The number of carbonyl (C=O) groups is 1. The Hall–Kier alpha value is -1.66. The molecule has 0 radical (unpaired) electrons. The summed E-state index contributed by atoms with van der Waals surface area (Å²) >= 11 is 6.85. The lowest BCUT2D eigenvalue weighted by Crippen LogP contribution is -2.11. The quantitative estimate of drug-likeness (QED) is 0.623. The van der Waals surface area contributed by atoms with Gasteiger partial charge in [0.2, 0.25) is 0 Å². The van der Waals surface area contributed by atoms with Crippen molar-refractivity contribution in [2.24, 2.45) is 0 Å². The number of hydrogen-bond acceptors (Lipinski definition) is 6. The Kier molecular flexibility index (Phi) is 4.49. The van der Waals surface area contributed by atoms with Gasteiger partial charge in [-0.1, -0.05) is 11.6 Å². The second kappa shape index (κ2) is 6.32. The molecule has 0 aliphatic rings. The van der Waals surface area contributed by atoms with Crippen LogP contribution in [0.1, 0.15) is 9.67 Å². The molecule has 0 fully saturated rings. The van der Waals surface area contributed by atoms with Crippen LogP contribution in [0.3, 0.4) is 0 Å². The highest BCUT2D eigenvalue weighted by atomic mass is 35.5. The van der Waals surface area contributed by atoms with Gasteiger partial charge in [-0.2, -0.15) is 0 Å². The lowest BCUT2D eigenvalue weighted by molar-refractivity contribution is 0.0456. The van der Waals surface area contributed by atoms with Crippen molar-refractivity contribution in [2.45, 2.75) is 0 Å². The Morgan fingerprint density at radius 3 is 3.00 bits per heavy atom. The van der Waals surface area contributed by atoms with Crippen molar-refractivity contribution in [1.82, 2.24) is 9.97 Å². The summed E-state index contributed by atoms with van der Waals surface area (Å²) in [5.74, 6) is 0.140. The highest BCUT2D eigenvalue weighted by Crippen LogP contribution is 2.19. The molecule has 2 rings (SSSR count). The molecule has 0 amide bonds. The fourth-order valence-corrected chi connectivity index (χ4v) is 2.04. The Bertz CT molecular complexity index is 518. The van der Waals surface area contributed by atoms with Crippen molar-refractivity contribution in [2.75, 3.05) is 13.2 Å². The van der Waals surface area contributed by atoms with Gasteiger partial charge < -0.3 is 9.47 Å². The van der Waals surface area contributed by atoms with Crippen molar-refractivity contribution >= 4 is 28.9 Å². The number of aromatic nitrogens is 2. The third-order valence-electron chi connectivity index (χ3n) is 1.93. The third kappa shape index (κ3) is 3.41. The first kappa shape index (κ1) is 12.8. The minimum atomic E-state index is -0.489. The van der Waals surface area contributed by atoms with Crippen molar-refractivity contribution < 1.29 is 14.3 Å². The number of ether oxygens (including phenoxy) is 2. The smallest absolute Gasteiger partial charge is 0.351 e. The van der Waals surface area contributed by atoms with E-state index >= 15 is 0 Å². The van der Waals surface area contributed by atoms with E-state index in [0.717, 1.165) is 11.3 Å². The molecule has 0 aliphatic carbocycles. The minimum absolute atomic E-state index is 0.141. The van der Waals surface area contributed by atoms with Crippen LogP contribution in [0.25, 0.3) is 0 Å². The van der Waals surface area contributed by atoms with Gasteiger partial charge in [0.1, 0.15) is 19.0 Å². The molecule has 0 spiro atoms. The van der Waals surface area contributed by atoms with Crippen LogP contribution in [0.2, 0.25) is 5.15 Å². The van der Waals surface area contributed by atoms with Crippen LogP contribution in [0.15, 0.2) is 30.0 Å². The van der Waals surface area contributed by atoms with E-state index in [1.54, 1.807) is 24.5 Å². The van der Waals surface area contributed by atoms with E-state index in [9.17, 15) is 4.79 Å². The van der Waals surface area contributed by atoms with Gasteiger partial charge >= 0.3 is 5.97 Å². The average molecular weight is 285 g/mol. The zero-order chi connectivity index (χ0) is 12.8. The molecular weight excluding hydrogens is 276 g/mol. The molecule has 0 saturated heterocycles. The molecule has 0 unspecified atom stereocenters. The molecule has 0 aliphatic heterocycles. The van der Waals surface area contributed by atoms with E-state index < -0.39 is 5.97 Å². The van der Waals surface area contributed by atoms with Gasteiger partial charge in [-0.05, 0) is 12.1 Å². The minimum Gasteiger partial charge on any atom is -0.488 e. The second-order valence-corrected chi connectivity index (χ2v) is 4.36. The molecule has 0 saturated carbocycles. The summed E-state index contributed by atoms with van der Waals surface area (Å²) in [4.78, 5) is 19.5. The number of thiazole rings is 1. The van der Waals surface area contributed by atoms with E-state index in [-0.39, 0.29) is 18.4 Å². The summed E-state index contributed by atoms with van der Waals surface area (Å²) in [7, 11) is 0. The first-order valence-electron chi connectivity index (χ1n) is 5.06. The molecule has 0 N–H and O–H groups in total. The molecule has 7 heteroatoms. The lowest BCUT2D eigenvalue weighted by Gasteiger charge is -2.05. The summed E-state index contributed by atoms with van der Waals surface area (Å²) < 4.78 is 10.3. The molecule has 94 valence electrons. The highest BCUT2D eigenvalue weighted by molar-refractivity contribution is 7.12. The third-order valence-corrected chi connectivity index (χ3v) is 3.13. The topological polar surface area (TPSA) is 61.3 Å². The van der Waals surface area contributed by atoms with Crippen LogP contribution in [0.4, 0.5) is 0 Å². The van der Waals surface area contributed by atoms with E-state index in [1.165, 1.54) is 5.51 Å². The van der Waals surface area contributed by atoms with Gasteiger partial charge in [0, 0.05) is 6.20 Å². The molecule has 0 bridgehead atoms. The maximum Gasteiger partial charge on any atom is 0.351 e. The van der Waals surface area contributed by atoms with E-state index in [1.807, 2.05) is 0 Å². The fourth-order valence-electron chi connectivity index (χ4n) is 1.16. The standard InChI is InChI=1S/C11H9ClN2O3S/c12-10-9(18-7-14-10)11(15)17-5-4-16-8-2-1-3-13-6-8/h1-3,6-7H,4-5H2. The number of halogens is 1. The van der Waals surface area contributed by atoms with Crippen molar-refractivity contribution in [3.63, 3.8) is 0 Å². The number of nitrogens with zero attached hydrogens (tertiary/aromatic N) is 2. The molecule has 0 atom stereocenters. The van der Waals surface area contributed by atoms with Crippen LogP contribution in [-0.4, -0.2) is 29.2 Å². The Labute approximate surface area is 112 Å². The monoisotopic (exact) mass is 284 g/mol. The summed E-state index contributed by atoms with van der Waals surface area (Å²) in [5, 5.41) is 0.165. The first-order chi connectivity index (χ1) is 8.77. The largest absolute Gasteiger partial charge is 0.488 e. The van der Waals surface area contributed by atoms with Crippen LogP contribution < -0.4 is 4.74 Å². The van der Waals surface area contributed by atoms with Crippen molar-refractivity contribution in [1.29, 1.82) is 0 Å². The van der Waals surface area contributed by atoms with E-state index in [0.29, 0.717) is 10.6 Å². The summed E-state index contributed by atoms with van der Waals surface area (Å²) in [6, 6.07) is 3.54. The van der Waals surface area contributed by atoms with Crippen LogP contribution in [0.5, 0.6) is 5.75 Å². The summed E-state index contributed by atoms with van der Waals surface area (Å²) in [6.45, 7) is 0.399. The Morgan fingerprint density at radius 2 is 2.33 bits per heavy atom. The molecular formula is C11H9ClN2O3S. The van der Waals surface area contributed by atoms with Gasteiger partial charge in [-0.25, -0.2) is 9.78 Å². The SMILES string of the molecule is O=C(OCCOc1cccnc1)c1scnc1Cl. The molecule has 2 heterocycles.